The molecule has 1 aliphatic rings. The average Bonchev–Trinajstić information content (AvgIpc) is 2.43. The number of hydrogen-bond donors (Lipinski definition) is 2. The molecule has 0 bridgehead atoms. The molecule has 0 amide bonds. The minimum atomic E-state index is 0.326. The maximum absolute atomic E-state index is 9.31. The van der Waals surface area contributed by atoms with Crippen LogP contribution in [0.1, 0.15) is 18.9 Å². The second kappa shape index (κ2) is 7.48. The van der Waals surface area contributed by atoms with Crippen molar-refractivity contribution in [2.75, 3.05) is 32.8 Å². The lowest BCUT2D eigenvalue weighted by Gasteiger charge is -2.35. The van der Waals surface area contributed by atoms with Crippen molar-refractivity contribution in [1.82, 2.24) is 10.2 Å². The van der Waals surface area contributed by atoms with Gasteiger partial charge < -0.3 is 15.2 Å². The van der Waals surface area contributed by atoms with Crippen LogP contribution in [0.15, 0.2) is 24.3 Å². The second-order valence-electron chi connectivity index (χ2n) is 5.07. The van der Waals surface area contributed by atoms with Crippen molar-refractivity contribution < 1.29 is 9.84 Å². The van der Waals surface area contributed by atoms with Gasteiger partial charge in [-0.3, -0.25) is 4.90 Å². The van der Waals surface area contributed by atoms with Gasteiger partial charge in [0.25, 0.3) is 0 Å². The maximum atomic E-state index is 9.31. The zero-order valence-corrected chi connectivity index (χ0v) is 11.6. The van der Waals surface area contributed by atoms with Gasteiger partial charge in [-0.05, 0) is 30.7 Å². The minimum Gasteiger partial charge on any atom is -0.508 e. The number of morpholine rings is 1. The zero-order valence-electron chi connectivity index (χ0n) is 11.6. The van der Waals surface area contributed by atoms with Crippen LogP contribution in [-0.2, 0) is 11.3 Å². The highest BCUT2D eigenvalue weighted by molar-refractivity contribution is 5.25. The largest absolute Gasteiger partial charge is 0.508 e. The Kier molecular flexibility index (Phi) is 5.63. The molecule has 1 aromatic rings. The summed E-state index contributed by atoms with van der Waals surface area (Å²) < 4.78 is 5.58. The van der Waals surface area contributed by atoms with E-state index in [4.69, 9.17) is 4.74 Å². The predicted octanol–water partition coefficient (Wildman–Crippen LogP) is 1.59. The molecule has 0 aromatic heterocycles. The van der Waals surface area contributed by atoms with Crippen molar-refractivity contribution in [2.45, 2.75) is 25.9 Å². The Morgan fingerprint density at radius 1 is 1.37 bits per heavy atom. The van der Waals surface area contributed by atoms with Crippen LogP contribution in [0.4, 0.5) is 0 Å². The van der Waals surface area contributed by atoms with E-state index in [1.165, 1.54) is 5.56 Å². The fourth-order valence-corrected chi connectivity index (χ4v) is 2.37. The average molecular weight is 264 g/mol. The zero-order chi connectivity index (χ0) is 13.5. The smallest absolute Gasteiger partial charge is 0.115 e. The number of nitrogens with one attached hydrogen (secondary N) is 1. The van der Waals surface area contributed by atoms with Crippen molar-refractivity contribution in [2.24, 2.45) is 0 Å². The molecule has 0 radical (unpaired) electrons. The first-order chi connectivity index (χ1) is 9.29. The van der Waals surface area contributed by atoms with Gasteiger partial charge in [-0.15, -0.1) is 0 Å². The highest BCUT2D eigenvalue weighted by Crippen LogP contribution is 2.15. The predicted molar refractivity (Wildman–Crippen MR) is 76.3 cm³/mol. The van der Waals surface area contributed by atoms with Crippen molar-refractivity contribution in [3.63, 3.8) is 0 Å². The van der Waals surface area contributed by atoms with E-state index in [0.717, 1.165) is 45.8 Å². The molecule has 0 aliphatic carbocycles. The summed E-state index contributed by atoms with van der Waals surface area (Å²) in [5.41, 5.74) is 1.24. The number of rotatable bonds is 6. The summed E-state index contributed by atoms with van der Waals surface area (Å²) in [6.45, 7) is 7.71. The van der Waals surface area contributed by atoms with Crippen LogP contribution in [-0.4, -0.2) is 48.9 Å². The van der Waals surface area contributed by atoms with Gasteiger partial charge >= 0.3 is 0 Å². The molecule has 1 aromatic carbocycles. The van der Waals surface area contributed by atoms with E-state index in [9.17, 15) is 5.11 Å². The number of nitrogens with zero attached hydrogens (tertiary/aromatic N) is 1. The summed E-state index contributed by atoms with van der Waals surface area (Å²) in [6, 6.07) is 7.91. The molecule has 0 saturated carbocycles. The third-order valence-electron chi connectivity index (χ3n) is 3.48. The number of phenolic OH excluding ortho intramolecular Hbond substituents is 1. The van der Waals surface area contributed by atoms with Crippen molar-refractivity contribution in [3.05, 3.63) is 29.8 Å². The van der Waals surface area contributed by atoms with Crippen LogP contribution >= 0.6 is 0 Å². The molecule has 1 unspecified atom stereocenters. The molecule has 1 heterocycles. The van der Waals surface area contributed by atoms with Crippen molar-refractivity contribution in [3.8, 4) is 5.75 Å². The molecule has 1 atom stereocenters. The lowest BCUT2D eigenvalue weighted by atomic mass is 10.1. The molecule has 4 heteroatoms. The Labute approximate surface area is 115 Å². The number of hydrogen-bond acceptors (Lipinski definition) is 4. The maximum Gasteiger partial charge on any atom is 0.115 e. The van der Waals surface area contributed by atoms with Gasteiger partial charge in [-0.25, -0.2) is 0 Å². The first kappa shape index (κ1) is 14.3. The molecule has 1 aliphatic heterocycles. The van der Waals surface area contributed by atoms with Gasteiger partial charge in [0.2, 0.25) is 0 Å². The monoisotopic (exact) mass is 264 g/mol. The molecular formula is C15H24N2O2. The Balaban J connectivity index is 1.89. The minimum absolute atomic E-state index is 0.326. The topological polar surface area (TPSA) is 44.7 Å². The molecule has 0 spiro atoms. The van der Waals surface area contributed by atoms with E-state index in [1.807, 2.05) is 12.1 Å². The van der Waals surface area contributed by atoms with Gasteiger partial charge in [-0.2, -0.15) is 0 Å². The van der Waals surface area contributed by atoms with Gasteiger partial charge in [0.1, 0.15) is 5.75 Å². The Morgan fingerprint density at radius 3 is 2.89 bits per heavy atom. The number of ether oxygens (including phenoxy) is 1. The molecule has 19 heavy (non-hydrogen) atoms. The molecule has 106 valence electrons. The van der Waals surface area contributed by atoms with Gasteiger partial charge in [0, 0.05) is 25.7 Å². The third-order valence-corrected chi connectivity index (χ3v) is 3.48. The summed E-state index contributed by atoms with van der Waals surface area (Å²) in [4.78, 5) is 2.46. The summed E-state index contributed by atoms with van der Waals surface area (Å²) in [5, 5.41) is 12.8. The fraction of sp³-hybridized carbons (Fsp3) is 0.600. The van der Waals surface area contributed by atoms with Gasteiger partial charge in [0.15, 0.2) is 0 Å². The van der Waals surface area contributed by atoms with Crippen LogP contribution in [0.25, 0.3) is 0 Å². The highest BCUT2D eigenvalue weighted by Gasteiger charge is 2.22. The highest BCUT2D eigenvalue weighted by atomic mass is 16.5. The third kappa shape index (κ3) is 4.49. The molecule has 2 N–H and O–H groups in total. The Bertz CT molecular complexity index is 367. The Hall–Kier alpha value is -1.10. The molecule has 1 fully saturated rings. The van der Waals surface area contributed by atoms with E-state index in [1.54, 1.807) is 12.1 Å². The van der Waals surface area contributed by atoms with Crippen LogP contribution in [0.5, 0.6) is 5.75 Å². The van der Waals surface area contributed by atoms with E-state index in [2.05, 4.69) is 17.1 Å². The van der Waals surface area contributed by atoms with E-state index < -0.39 is 0 Å². The normalized spacial score (nSPS) is 20.6. The van der Waals surface area contributed by atoms with Crippen LogP contribution < -0.4 is 5.32 Å². The fourth-order valence-electron chi connectivity index (χ4n) is 2.37. The van der Waals surface area contributed by atoms with Crippen molar-refractivity contribution >= 4 is 0 Å². The van der Waals surface area contributed by atoms with E-state index in [-0.39, 0.29) is 0 Å². The standard InChI is InChI=1S/C15H24N2O2/c1-2-7-16-10-14-12-19-9-8-17(14)11-13-3-5-15(18)6-4-13/h3-6,14,16,18H,2,7-12H2,1H3. The summed E-state index contributed by atoms with van der Waals surface area (Å²) in [5.74, 6) is 0.326. The van der Waals surface area contributed by atoms with Crippen LogP contribution in [0, 0.1) is 0 Å². The summed E-state index contributed by atoms with van der Waals surface area (Å²) >= 11 is 0. The van der Waals surface area contributed by atoms with Crippen LogP contribution in [0.3, 0.4) is 0 Å². The van der Waals surface area contributed by atoms with Crippen LogP contribution in [0.2, 0.25) is 0 Å². The summed E-state index contributed by atoms with van der Waals surface area (Å²) in [6.07, 6.45) is 1.16. The quantitative estimate of drug-likeness (QED) is 0.766. The number of phenols is 1. The summed E-state index contributed by atoms with van der Waals surface area (Å²) in [7, 11) is 0. The lowest BCUT2D eigenvalue weighted by molar-refractivity contribution is -0.0108. The molecular weight excluding hydrogens is 240 g/mol. The van der Waals surface area contributed by atoms with E-state index in [0.29, 0.717) is 11.8 Å². The van der Waals surface area contributed by atoms with Gasteiger partial charge in [0.05, 0.1) is 13.2 Å². The molecule has 4 nitrogen and oxygen atoms in total. The number of aromatic hydroxyl groups is 1. The van der Waals surface area contributed by atoms with E-state index >= 15 is 0 Å². The first-order valence-electron chi connectivity index (χ1n) is 7.10. The van der Waals surface area contributed by atoms with Gasteiger partial charge in [-0.1, -0.05) is 19.1 Å². The molecule has 1 saturated heterocycles. The number of benzene rings is 1. The Morgan fingerprint density at radius 2 is 2.16 bits per heavy atom. The second-order valence-corrected chi connectivity index (χ2v) is 5.07. The first-order valence-corrected chi connectivity index (χ1v) is 7.10. The van der Waals surface area contributed by atoms with Crippen molar-refractivity contribution in [1.29, 1.82) is 0 Å². The SMILES string of the molecule is CCCNCC1COCCN1Cc1ccc(O)cc1. The molecule has 2 rings (SSSR count). The lowest BCUT2D eigenvalue weighted by Crippen LogP contribution is -2.49.